The Bertz CT molecular complexity index is 948. The maximum Gasteiger partial charge on any atom is 0.219 e. The normalized spacial score (nSPS) is 20.4. The minimum absolute atomic E-state index is 0.172. The summed E-state index contributed by atoms with van der Waals surface area (Å²) in [5.74, 6) is 0.978. The van der Waals surface area contributed by atoms with Gasteiger partial charge in [-0.1, -0.05) is 72.8 Å². The van der Waals surface area contributed by atoms with E-state index in [9.17, 15) is 4.79 Å². The van der Waals surface area contributed by atoms with Crippen molar-refractivity contribution in [3.05, 3.63) is 83.9 Å². The van der Waals surface area contributed by atoms with Crippen LogP contribution in [0.25, 0.3) is 10.8 Å². The van der Waals surface area contributed by atoms with Gasteiger partial charge in [-0.25, -0.2) is 0 Å². The number of hydrogen-bond donors (Lipinski definition) is 1. The van der Waals surface area contributed by atoms with Crippen molar-refractivity contribution < 1.29 is 4.79 Å². The molecule has 3 heteroatoms. The molecule has 1 aliphatic rings. The smallest absolute Gasteiger partial charge is 0.219 e. The van der Waals surface area contributed by atoms with Gasteiger partial charge < -0.3 is 10.2 Å². The van der Waals surface area contributed by atoms with E-state index in [0.717, 1.165) is 19.6 Å². The molecule has 144 valence electrons. The van der Waals surface area contributed by atoms with Gasteiger partial charge in [0.2, 0.25) is 5.91 Å². The minimum Gasteiger partial charge on any atom is -0.342 e. The monoisotopic (exact) mass is 372 g/mol. The molecule has 3 nitrogen and oxygen atoms in total. The Hall–Kier alpha value is -2.65. The second-order valence-corrected chi connectivity index (χ2v) is 7.90. The Labute approximate surface area is 167 Å². The van der Waals surface area contributed by atoms with Gasteiger partial charge in [-0.15, -0.1) is 0 Å². The highest BCUT2D eigenvalue weighted by atomic mass is 16.2. The van der Waals surface area contributed by atoms with Crippen LogP contribution < -0.4 is 5.32 Å². The average molecular weight is 373 g/mol. The van der Waals surface area contributed by atoms with Crippen LogP contribution in [-0.4, -0.2) is 30.4 Å². The van der Waals surface area contributed by atoms with Crippen LogP contribution in [0.3, 0.4) is 0 Å². The third kappa shape index (κ3) is 3.81. The number of fused-ring (bicyclic) bond motifs is 1. The molecule has 28 heavy (non-hydrogen) atoms. The maximum absolute atomic E-state index is 12.0. The number of benzene rings is 3. The van der Waals surface area contributed by atoms with E-state index in [4.69, 9.17) is 0 Å². The van der Waals surface area contributed by atoms with E-state index in [1.807, 2.05) is 4.90 Å². The van der Waals surface area contributed by atoms with Crippen LogP contribution in [0.2, 0.25) is 0 Å². The molecule has 1 heterocycles. The van der Waals surface area contributed by atoms with Crippen LogP contribution in [0.1, 0.15) is 36.9 Å². The summed E-state index contributed by atoms with van der Waals surface area (Å²) in [5, 5.41) is 6.34. The maximum atomic E-state index is 12.0. The molecule has 3 aromatic rings. The topological polar surface area (TPSA) is 32.3 Å². The molecular weight excluding hydrogens is 344 g/mol. The fourth-order valence-corrected chi connectivity index (χ4v) is 4.48. The zero-order chi connectivity index (χ0) is 19.5. The lowest BCUT2D eigenvalue weighted by molar-refractivity contribution is -0.127. The lowest BCUT2D eigenvalue weighted by Gasteiger charge is -2.23. The summed E-state index contributed by atoms with van der Waals surface area (Å²) in [7, 11) is 0. The molecule has 3 aromatic carbocycles. The van der Waals surface area contributed by atoms with E-state index < -0.39 is 0 Å². The van der Waals surface area contributed by atoms with E-state index in [2.05, 4.69) is 85.0 Å². The highest BCUT2D eigenvalue weighted by molar-refractivity contribution is 5.86. The first-order chi connectivity index (χ1) is 13.6. The van der Waals surface area contributed by atoms with E-state index in [1.54, 1.807) is 6.92 Å². The lowest BCUT2D eigenvalue weighted by Crippen LogP contribution is -2.31. The first kappa shape index (κ1) is 18.7. The molecule has 1 aliphatic heterocycles. The van der Waals surface area contributed by atoms with Crippen LogP contribution in [0.15, 0.2) is 72.8 Å². The zero-order valence-corrected chi connectivity index (χ0v) is 16.6. The molecule has 2 unspecified atom stereocenters. The quantitative estimate of drug-likeness (QED) is 0.701. The highest BCUT2D eigenvalue weighted by Crippen LogP contribution is 2.33. The van der Waals surface area contributed by atoms with Crippen LogP contribution in [0.4, 0.5) is 0 Å². The first-order valence-corrected chi connectivity index (χ1v) is 10.1. The molecule has 1 fully saturated rings. The van der Waals surface area contributed by atoms with Crippen molar-refractivity contribution in [3.8, 4) is 0 Å². The third-order valence-electron chi connectivity index (χ3n) is 6.09. The molecule has 3 atom stereocenters. The number of hydrogen-bond acceptors (Lipinski definition) is 2. The Morgan fingerprint density at radius 3 is 2.50 bits per heavy atom. The summed E-state index contributed by atoms with van der Waals surface area (Å²) >= 11 is 0. The Morgan fingerprint density at radius 1 is 1.00 bits per heavy atom. The average Bonchev–Trinajstić information content (AvgIpc) is 3.17. The van der Waals surface area contributed by atoms with Crippen LogP contribution in [0, 0.1) is 5.92 Å². The Morgan fingerprint density at radius 2 is 1.71 bits per heavy atom. The second-order valence-electron chi connectivity index (χ2n) is 7.90. The van der Waals surface area contributed by atoms with Gasteiger partial charge in [0, 0.05) is 38.5 Å². The number of likely N-dealkylation sites (tertiary alicyclic amines) is 1. The Balaban J connectivity index is 1.51. The van der Waals surface area contributed by atoms with Crippen molar-refractivity contribution in [2.45, 2.75) is 25.8 Å². The lowest BCUT2D eigenvalue weighted by atomic mass is 9.88. The summed E-state index contributed by atoms with van der Waals surface area (Å²) in [5.41, 5.74) is 2.66. The first-order valence-electron chi connectivity index (χ1n) is 10.1. The summed E-state index contributed by atoms with van der Waals surface area (Å²) in [6.07, 6.45) is 0. The molecule has 0 saturated carbocycles. The standard InChI is InChI=1S/C25H28N2O/c1-18(23-14-8-12-20-11-6-7-13-24(20)23)26-15-22-16-27(19(2)28)17-25(22)21-9-4-3-5-10-21/h3-14,18,22,25-26H,15-17H2,1-2H3/t18-,22?,25?/m1/s1. The van der Waals surface area contributed by atoms with Gasteiger partial charge in [0.15, 0.2) is 0 Å². The van der Waals surface area contributed by atoms with Crippen molar-refractivity contribution in [2.24, 2.45) is 5.92 Å². The predicted molar refractivity (Wildman–Crippen MR) is 115 cm³/mol. The fraction of sp³-hybridized carbons (Fsp3) is 0.320. The zero-order valence-electron chi connectivity index (χ0n) is 16.6. The second kappa shape index (κ2) is 8.15. The number of nitrogens with one attached hydrogen (secondary N) is 1. The van der Waals surface area contributed by atoms with Crippen molar-refractivity contribution >= 4 is 16.7 Å². The molecule has 0 bridgehead atoms. The van der Waals surface area contributed by atoms with Crippen LogP contribution in [0.5, 0.6) is 0 Å². The molecule has 1 saturated heterocycles. The SMILES string of the molecule is CC(=O)N1CC(CN[C@H](C)c2cccc3ccccc23)C(c2ccccc2)C1. The van der Waals surface area contributed by atoms with Gasteiger partial charge in [0.1, 0.15) is 0 Å². The molecule has 4 rings (SSSR count). The van der Waals surface area contributed by atoms with Gasteiger partial charge in [-0.2, -0.15) is 0 Å². The number of carbonyl (C=O) groups is 1. The summed E-state index contributed by atoms with van der Waals surface area (Å²) in [6, 6.07) is 25.9. The largest absolute Gasteiger partial charge is 0.342 e. The Kier molecular flexibility index (Phi) is 5.45. The summed E-state index contributed by atoms with van der Waals surface area (Å²) in [4.78, 5) is 14.0. The van der Waals surface area contributed by atoms with Gasteiger partial charge in [-0.05, 0) is 34.7 Å². The highest BCUT2D eigenvalue weighted by Gasteiger charge is 2.34. The van der Waals surface area contributed by atoms with Gasteiger partial charge in [0.25, 0.3) is 0 Å². The number of rotatable bonds is 5. The van der Waals surface area contributed by atoms with Crippen molar-refractivity contribution in [3.63, 3.8) is 0 Å². The number of carbonyl (C=O) groups excluding carboxylic acids is 1. The molecule has 0 aromatic heterocycles. The van der Waals surface area contributed by atoms with Gasteiger partial charge >= 0.3 is 0 Å². The summed E-state index contributed by atoms with van der Waals surface area (Å²) in [6.45, 7) is 6.44. The van der Waals surface area contributed by atoms with Gasteiger partial charge in [-0.3, -0.25) is 4.79 Å². The number of amides is 1. The molecule has 1 amide bonds. The number of nitrogens with zero attached hydrogens (tertiary/aromatic N) is 1. The molecule has 0 aliphatic carbocycles. The molecule has 0 radical (unpaired) electrons. The van der Waals surface area contributed by atoms with Gasteiger partial charge in [0.05, 0.1) is 0 Å². The van der Waals surface area contributed by atoms with E-state index in [1.165, 1.54) is 21.9 Å². The molecular formula is C25H28N2O. The summed E-state index contributed by atoms with van der Waals surface area (Å²) < 4.78 is 0. The van der Waals surface area contributed by atoms with Crippen molar-refractivity contribution in [1.82, 2.24) is 10.2 Å². The van der Waals surface area contributed by atoms with E-state index >= 15 is 0 Å². The van der Waals surface area contributed by atoms with Crippen molar-refractivity contribution in [1.29, 1.82) is 0 Å². The minimum atomic E-state index is 0.172. The van der Waals surface area contributed by atoms with Crippen molar-refractivity contribution in [2.75, 3.05) is 19.6 Å². The fourth-order valence-electron chi connectivity index (χ4n) is 4.48. The molecule has 0 spiro atoms. The van der Waals surface area contributed by atoms with Crippen LogP contribution >= 0.6 is 0 Å². The predicted octanol–water partition coefficient (Wildman–Crippen LogP) is 4.75. The van der Waals surface area contributed by atoms with Crippen LogP contribution in [-0.2, 0) is 4.79 Å². The molecule has 1 N–H and O–H groups in total. The third-order valence-corrected chi connectivity index (χ3v) is 6.09. The van der Waals surface area contributed by atoms with E-state index in [0.29, 0.717) is 11.8 Å². The van der Waals surface area contributed by atoms with E-state index in [-0.39, 0.29) is 11.9 Å².